The van der Waals surface area contributed by atoms with Crippen LogP contribution in [0.3, 0.4) is 0 Å². The van der Waals surface area contributed by atoms with E-state index >= 15 is 0 Å². The summed E-state index contributed by atoms with van der Waals surface area (Å²) in [5, 5.41) is 23.3. The fourth-order valence-corrected chi connectivity index (χ4v) is 1.50. The SMILES string of the molecule is COCC(O)CNc1cccc(OC)c1[N+](=O)[O-]. The third-order valence-electron chi connectivity index (χ3n) is 2.29. The molecule has 1 rings (SSSR count). The van der Waals surface area contributed by atoms with Crippen LogP contribution in [0.4, 0.5) is 11.4 Å². The van der Waals surface area contributed by atoms with E-state index in [1.54, 1.807) is 12.1 Å². The van der Waals surface area contributed by atoms with Crippen molar-refractivity contribution in [3.8, 4) is 5.75 Å². The van der Waals surface area contributed by atoms with Crippen LogP contribution in [0.2, 0.25) is 0 Å². The molecule has 18 heavy (non-hydrogen) atoms. The van der Waals surface area contributed by atoms with Gasteiger partial charge in [0, 0.05) is 13.7 Å². The maximum absolute atomic E-state index is 11.0. The number of para-hydroxylation sites is 1. The van der Waals surface area contributed by atoms with Crippen molar-refractivity contribution >= 4 is 11.4 Å². The van der Waals surface area contributed by atoms with Crippen molar-refractivity contribution in [1.82, 2.24) is 0 Å². The summed E-state index contributed by atoms with van der Waals surface area (Å²) in [4.78, 5) is 10.4. The van der Waals surface area contributed by atoms with Crippen LogP contribution in [-0.4, -0.2) is 43.5 Å². The van der Waals surface area contributed by atoms with Crippen LogP contribution in [0.25, 0.3) is 0 Å². The highest BCUT2D eigenvalue weighted by Crippen LogP contribution is 2.34. The molecule has 0 radical (unpaired) electrons. The number of benzene rings is 1. The molecule has 0 aliphatic carbocycles. The number of nitro groups is 1. The number of methoxy groups -OCH3 is 2. The van der Waals surface area contributed by atoms with Gasteiger partial charge < -0.3 is 19.9 Å². The second kappa shape index (κ2) is 6.77. The number of ether oxygens (including phenoxy) is 2. The predicted octanol–water partition coefficient (Wildman–Crippen LogP) is 1.02. The molecule has 0 saturated carbocycles. The minimum absolute atomic E-state index is 0.149. The lowest BCUT2D eigenvalue weighted by atomic mass is 10.2. The molecular weight excluding hydrogens is 240 g/mol. The number of nitro benzene ring substituents is 1. The van der Waals surface area contributed by atoms with Gasteiger partial charge in [-0.15, -0.1) is 0 Å². The number of anilines is 1. The third-order valence-corrected chi connectivity index (χ3v) is 2.29. The molecule has 1 atom stereocenters. The molecule has 0 heterocycles. The first kappa shape index (κ1) is 14.2. The van der Waals surface area contributed by atoms with Gasteiger partial charge in [-0.3, -0.25) is 10.1 Å². The lowest BCUT2D eigenvalue weighted by Gasteiger charge is -2.12. The molecule has 0 amide bonds. The normalized spacial score (nSPS) is 11.9. The van der Waals surface area contributed by atoms with Crippen molar-refractivity contribution < 1.29 is 19.5 Å². The van der Waals surface area contributed by atoms with Crippen molar-refractivity contribution in [2.75, 3.05) is 32.7 Å². The monoisotopic (exact) mass is 256 g/mol. The molecule has 0 aliphatic rings. The maximum atomic E-state index is 11.0. The number of hydrogen-bond donors (Lipinski definition) is 2. The largest absolute Gasteiger partial charge is 0.490 e. The minimum Gasteiger partial charge on any atom is -0.490 e. The summed E-state index contributed by atoms with van der Waals surface area (Å²) in [6.07, 6.45) is -0.735. The first-order valence-corrected chi connectivity index (χ1v) is 5.32. The van der Waals surface area contributed by atoms with Crippen LogP contribution in [0.5, 0.6) is 5.75 Å². The van der Waals surface area contributed by atoms with E-state index in [9.17, 15) is 15.2 Å². The number of nitrogens with zero attached hydrogens (tertiary/aromatic N) is 1. The fourth-order valence-electron chi connectivity index (χ4n) is 1.50. The highest BCUT2D eigenvalue weighted by molar-refractivity contribution is 5.68. The Morgan fingerprint density at radius 2 is 2.22 bits per heavy atom. The van der Waals surface area contributed by atoms with Gasteiger partial charge in [-0.25, -0.2) is 0 Å². The zero-order chi connectivity index (χ0) is 13.5. The molecule has 0 aromatic heterocycles. The van der Waals surface area contributed by atoms with E-state index in [1.165, 1.54) is 20.3 Å². The van der Waals surface area contributed by atoms with Crippen molar-refractivity contribution in [2.45, 2.75) is 6.10 Å². The molecule has 100 valence electrons. The summed E-state index contributed by atoms with van der Waals surface area (Å²) < 4.78 is 9.70. The van der Waals surface area contributed by atoms with Crippen LogP contribution in [0.15, 0.2) is 18.2 Å². The van der Waals surface area contributed by atoms with E-state index in [-0.39, 0.29) is 24.6 Å². The summed E-state index contributed by atoms with van der Waals surface area (Å²) in [5.41, 5.74) is 0.152. The van der Waals surface area contributed by atoms with E-state index in [0.29, 0.717) is 5.69 Å². The maximum Gasteiger partial charge on any atom is 0.333 e. The van der Waals surface area contributed by atoms with Crippen molar-refractivity contribution in [1.29, 1.82) is 0 Å². The Kier molecular flexibility index (Phi) is 5.34. The van der Waals surface area contributed by atoms with Gasteiger partial charge >= 0.3 is 5.69 Å². The first-order chi connectivity index (χ1) is 8.60. The number of hydrogen-bond acceptors (Lipinski definition) is 6. The fraction of sp³-hybridized carbons (Fsp3) is 0.455. The summed E-state index contributed by atoms with van der Waals surface area (Å²) in [6, 6.07) is 4.70. The zero-order valence-corrected chi connectivity index (χ0v) is 10.3. The second-order valence-electron chi connectivity index (χ2n) is 3.60. The van der Waals surface area contributed by atoms with Gasteiger partial charge in [-0.1, -0.05) is 6.07 Å². The summed E-state index contributed by atoms with van der Waals surface area (Å²) in [6.45, 7) is 0.312. The minimum atomic E-state index is -0.735. The molecule has 1 unspecified atom stereocenters. The average Bonchev–Trinajstić information content (AvgIpc) is 2.35. The van der Waals surface area contributed by atoms with Gasteiger partial charge in [0.05, 0.1) is 24.7 Å². The summed E-state index contributed by atoms with van der Waals surface area (Å²) in [7, 11) is 2.84. The Hall–Kier alpha value is -1.86. The molecular formula is C11H16N2O5. The van der Waals surface area contributed by atoms with E-state index in [4.69, 9.17) is 9.47 Å². The van der Waals surface area contributed by atoms with Crippen LogP contribution < -0.4 is 10.1 Å². The quantitative estimate of drug-likeness (QED) is 0.559. The average molecular weight is 256 g/mol. The molecule has 0 fully saturated rings. The molecule has 7 heteroatoms. The van der Waals surface area contributed by atoms with Crippen LogP contribution in [-0.2, 0) is 4.74 Å². The van der Waals surface area contributed by atoms with Gasteiger partial charge in [-0.05, 0) is 12.1 Å². The summed E-state index contributed by atoms with van der Waals surface area (Å²) >= 11 is 0. The lowest BCUT2D eigenvalue weighted by molar-refractivity contribution is -0.384. The van der Waals surface area contributed by atoms with Crippen LogP contribution in [0, 0.1) is 10.1 Å². The highest BCUT2D eigenvalue weighted by atomic mass is 16.6. The van der Waals surface area contributed by atoms with Gasteiger partial charge in [0.15, 0.2) is 5.75 Å². The Balaban J connectivity index is 2.85. The van der Waals surface area contributed by atoms with E-state index in [1.807, 2.05) is 0 Å². The second-order valence-corrected chi connectivity index (χ2v) is 3.60. The number of rotatable bonds is 7. The molecule has 1 aromatic rings. The smallest absolute Gasteiger partial charge is 0.333 e. The Morgan fingerprint density at radius 1 is 1.50 bits per heavy atom. The van der Waals surface area contributed by atoms with Gasteiger partial charge in [0.1, 0.15) is 5.69 Å². The third kappa shape index (κ3) is 3.57. The molecule has 0 spiro atoms. The molecule has 7 nitrogen and oxygen atoms in total. The topological polar surface area (TPSA) is 93.9 Å². The standard InChI is InChI=1S/C11H16N2O5/c1-17-7-8(14)6-12-9-4-3-5-10(18-2)11(9)13(15)16/h3-5,8,12,14H,6-7H2,1-2H3. The van der Waals surface area contributed by atoms with Crippen LogP contribution in [0.1, 0.15) is 0 Å². The molecule has 1 aromatic carbocycles. The number of aliphatic hydroxyl groups is 1. The van der Waals surface area contributed by atoms with Crippen molar-refractivity contribution in [3.63, 3.8) is 0 Å². The molecule has 0 bridgehead atoms. The van der Waals surface area contributed by atoms with E-state index in [0.717, 1.165) is 0 Å². The lowest BCUT2D eigenvalue weighted by Crippen LogP contribution is -2.24. The summed E-state index contributed by atoms with van der Waals surface area (Å²) in [5.74, 6) is 0.172. The number of aliphatic hydroxyl groups excluding tert-OH is 1. The van der Waals surface area contributed by atoms with Crippen molar-refractivity contribution in [3.05, 3.63) is 28.3 Å². The Morgan fingerprint density at radius 3 is 2.78 bits per heavy atom. The van der Waals surface area contributed by atoms with Gasteiger partial charge in [-0.2, -0.15) is 0 Å². The zero-order valence-electron chi connectivity index (χ0n) is 10.3. The Labute approximate surface area is 104 Å². The molecule has 2 N–H and O–H groups in total. The van der Waals surface area contributed by atoms with Gasteiger partial charge in [0.25, 0.3) is 0 Å². The van der Waals surface area contributed by atoms with Gasteiger partial charge in [0.2, 0.25) is 0 Å². The number of nitrogens with one attached hydrogen (secondary N) is 1. The molecule has 0 aliphatic heterocycles. The van der Waals surface area contributed by atoms with E-state index < -0.39 is 11.0 Å². The molecule has 0 saturated heterocycles. The predicted molar refractivity (Wildman–Crippen MR) is 66.0 cm³/mol. The first-order valence-electron chi connectivity index (χ1n) is 5.32. The van der Waals surface area contributed by atoms with E-state index in [2.05, 4.69) is 5.32 Å². The highest BCUT2D eigenvalue weighted by Gasteiger charge is 2.20. The van der Waals surface area contributed by atoms with Crippen molar-refractivity contribution in [2.24, 2.45) is 0 Å². The van der Waals surface area contributed by atoms with Crippen LogP contribution >= 0.6 is 0 Å². The Bertz CT molecular complexity index is 410.